The van der Waals surface area contributed by atoms with Crippen LogP contribution in [0.2, 0.25) is 0 Å². The van der Waals surface area contributed by atoms with Gasteiger partial charge in [0.25, 0.3) is 0 Å². The molecule has 0 aliphatic heterocycles. The Labute approximate surface area is 225 Å². The number of benzene rings is 1. The van der Waals surface area contributed by atoms with Crippen molar-refractivity contribution >= 4 is 27.3 Å². The Balaban J connectivity index is 2.03. The largest absolute Gasteiger partial charge is 0.573 e. The molecule has 0 spiro atoms. The second-order valence-electron chi connectivity index (χ2n) is 9.74. The Kier molecular flexibility index (Phi) is 11.6. The summed E-state index contributed by atoms with van der Waals surface area (Å²) in [6, 6.07) is 7.08. The maximum Gasteiger partial charge on any atom is 0.573 e. The van der Waals surface area contributed by atoms with E-state index in [0.717, 1.165) is 35.7 Å². The minimum Gasteiger partial charge on any atom is -0.481 e. The van der Waals surface area contributed by atoms with Crippen LogP contribution in [0.25, 0.3) is 0 Å². The van der Waals surface area contributed by atoms with Gasteiger partial charge < -0.3 is 20.3 Å². The number of alkyl halides is 3. The number of carboxylic acids is 1. The van der Waals surface area contributed by atoms with E-state index in [2.05, 4.69) is 16.1 Å². The second-order valence-corrected chi connectivity index (χ2v) is 12.8. The maximum atomic E-state index is 13.1. The smallest absolute Gasteiger partial charge is 0.481 e. The molecule has 0 bridgehead atoms. The number of aliphatic hydroxyl groups is 1. The molecule has 0 aliphatic rings. The number of nitrogens with zero attached hydrogens (tertiary/aromatic N) is 1. The third kappa shape index (κ3) is 11.3. The van der Waals surface area contributed by atoms with E-state index in [4.69, 9.17) is 5.11 Å². The van der Waals surface area contributed by atoms with E-state index < -0.39 is 39.1 Å². The van der Waals surface area contributed by atoms with Gasteiger partial charge >= 0.3 is 12.3 Å². The number of nitrogens with one attached hydrogen (secondary N) is 1. The third-order valence-electron chi connectivity index (χ3n) is 5.83. The van der Waals surface area contributed by atoms with Gasteiger partial charge in [0.1, 0.15) is 5.75 Å². The zero-order valence-electron chi connectivity index (χ0n) is 21.6. The minimum atomic E-state index is -5.04. The molecule has 8 nitrogen and oxygen atoms in total. The average Bonchev–Trinajstić information content (AvgIpc) is 3.29. The van der Waals surface area contributed by atoms with Crippen molar-refractivity contribution < 1.29 is 41.3 Å². The van der Waals surface area contributed by atoms with Crippen LogP contribution in [0.3, 0.4) is 0 Å². The lowest BCUT2D eigenvalue weighted by atomic mass is 9.96. The molecule has 13 heteroatoms. The van der Waals surface area contributed by atoms with Crippen LogP contribution < -0.4 is 10.1 Å². The van der Waals surface area contributed by atoms with Crippen LogP contribution in [0, 0.1) is 0 Å². The Morgan fingerprint density at radius 2 is 1.89 bits per heavy atom. The van der Waals surface area contributed by atoms with Gasteiger partial charge in [0.15, 0.2) is 0 Å². The predicted molar refractivity (Wildman–Crippen MR) is 139 cm³/mol. The Bertz CT molecular complexity index is 1140. The first-order chi connectivity index (χ1) is 17.6. The topological polar surface area (TPSA) is 116 Å². The summed E-state index contributed by atoms with van der Waals surface area (Å²) >= 11 is 1.70. The number of hydrogen-bond donors (Lipinski definition) is 3. The van der Waals surface area contributed by atoms with Gasteiger partial charge in [0, 0.05) is 43.0 Å². The van der Waals surface area contributed by atoms with E-state index in [0.29, 0.717) is 0 Å². The highest BCUT2D eigenvalue weighted by Gasteiger charge is 2.32. The van der Waals surface area contributed by atoms with E-state index in [1.165, 1.54) is 18.0 Å². The Hall–Kier alpha value is -2.19. The number of aliphatic hydroxyl groups excluding tert-OH is 1. The summed E-state index contributed by atoms with van der Waals surface area (Å²) in [6.45, 7) is 3.81. The maximum absolute atomic E-state index is 13.1. The fourth-order valence-corrected chi connectivity index (χ4v) is 5.89. The first-order valence-corrected chi connectivity index (χ1v) is 14.4. The molecule has 1 unspecified atom stereocenters. The number of ether oxygens (including phenoxy) is 1. The molecule has 1 atom stereocenters. The molecule has 0 fully saturated rings. The molecular weight excluding hydrogens is 545 g/mol. The highest BCUT2D eigenvalue weighted by Crippen LogP contribution is 2.29. The van der Waals surface area contributed by atoms with Gasteiger partial charge in [-0.2, -0.15) is 4.31 Å². The molecule has 0 saturated carbocycles. The number of β-amino-alcohol motifs (C(OH)–C–C–N with tert-alkyl or cyclic N) is 1. The van der Waals surface area contributed by atoms with Crippen LogP contribution in [0.5, 0.6) is 5.75 Å². The van der Waals surface area contributed by atoms with Crippen molar-refractivity contribution in [3.05, 3.63) is 46.2 Å². The molecule has 1 aromatic carbocycles. The van der Waals surface area contributed by atoms with Gasteiger partial charge in [0.2, 0.25) is 10.0 Å². The molecule has 0 radical (unpaired) electrons. The van der Waals surface area contributed by atoms with Crippen molar-refractivity contribution in [1.29, 1.82) is 0 Å². The lowest BCUT2D eigenvalue weighted by molar-refractivity contribution is -0.274. The van der Waals surface area contributed by atoms with E-state index >= 15 is 0 Å². The lowest BCUT2D eigenvalue weighted by Gasteiger charge is -2.29. The van der Waals surface area contributed by atoms with E-state index in [-0.39, 0.29) is 43.5 Å². The molecule has 2 aromatic rings. The Morgan fingerprint density at radius 1 is 1.18 bits per heavy atom. The number of likely N-dealkylation sites (N-methyl/N-ethyl adjacent to an activating group) is 1. The first kappa shape index (κ1) is 32.0. The van der Waals surface area contributed by atoms with Gasteiger partial charge in [-0.25, -0.2) is 8.42 Å². The molecular formula is C25H35F3N2O6S2. The average molecular weight is 581 g/mol. The van der Waals surface area contributed by atoms with Crippen LogP contribution in [-0.2, 0) is 27.7 Å². The van der Waals surface area contributed by atoms with Crippen LogP contribution in [0.4, 0.5) is 13.2 Å². The van der Waals surface area contributed by atoms with Crippen LogP contribution >= 0.6 is 11.3 Å². The summed E-state index contributed by atoms with van der Waals surface area (Å²) in [4.78, 5) is 11.6. The summed E-state index contributed by atoms with van der Waals surface area (Å²) in [5, 5.41) is 24.6. The van der Waals surface area contributed by atoms with Gasteiger partial charge in [-0.3, -0.25) is 4.79 Å². The van der Waals surface area contributed by atoms with Crippen LogP contribution in [-0.4, -0.2) is 67.0 Å². The number of carboxylic acid groups (broad SMARTS) is 1. The number of halogens is 3. The fourth-order valence-electron chi connectivity index (χ4n) is 3.84. The lowest BCUT2D eigenvalue weighted by Crippen LogP contribution is -2.46. The number of aryl methyl sites for hydroxylation is 2. The van der Waals surface area contributed by atoms with E-state index in [1.54, 1.807) is 11.3 Å². The summed E-state index contributed by atoms with van der Waals surface area (Å²) in [6.07, 6.45) is -3.47. The normalized spacial score (nSPS) is 13.6. The number of aliphatic carboxylic acids is 1. The van der Waals surface area contributed by atoms with Gasteiger partial charge in [-0.1, -0.05) is 6.07 Å². The molecule has 3 N–H and O–H groups in total. The monoisotopic (exact) mass is 580 g/mol. The number of hydrogen-bond acceptors (Lipinski definition) is 7. The van der Waals surface area contributed by atoms with Gasteiger partial charge in [0.05, 0.1) is 11.0 Å². The Morgan fingerprint density at radius 3 is 2.50 bits per heavy atom. The van der Waals surface area contributed by atoms with Crippen molar-refractivity contribution in [3.8, 4) is 5.75 Å². The van der Waals surface area contributed by atoms with Crippen molar-refractivity contribution in [2.45, 2.75) is 75.3 Å². The number of rotatable bonds is 16. The third-order valence-corrected chi connectivity index (χ3v) is 8.56. The molecule has 0 saturated heterocycles. The molecule has 0 aliphatic carbocycles. The fraction of sp³-hybridized carbons (Fsp3) is 0.560. The standard InChI is InChI=1S/C25H35F3N2O6S2/c1-24(2,11-5-8-21-9-6-12-37-21)29-16-19(31)17-30(3)38(34,35)22-14-18(7-4-10-23(32)33)13-20(15-22)36-25(26,27)28/h6,9,12-15,19,29,31H,4-5,7-8,10-11,16-17H2,1-3H3,(H,32,33). The highest BCUT2D eigenvalue weighted by molar-refractivity contribution is 7.89. The quantitative estimate of drug-likeness (QED) is 0.269. The minimum absolute atomic E-state index is 0.0434. The van der Waals surface area contributed by atoms with Crippen molar-refractivity contribution in [2.75, 3.05) is 20.1 Å². The van der Waals surface area contributed by atoms with E-state index in [1.807, 2.05) is 25.3 Å². The summed E-state index contributed by atoms with van der Waals surface area (Å²) < 4.78 is 69.6. The molecule has 1 aromatic heterocycles. The van der Waals surface area contributed by atoms with Gasteiger partial charge in [-0.05, 0) is 75.1 Å². The molecule has 2 rings (SSSR count). The van der Waals surface area contributed by atoms with Crippen LogP contribution in [0.15, 0.2) is 40.6 Å². The zero-order chi connectivity index (χ0) is 28.6. The number of carbonyl (C=O) groups is 1. The van der Waals surface area contributed by atoms with Gasteiger partial charge in [-0.15, -0.1) is 24.5 Å². The number of sulfonamides is 1. The summed E-state index contributed by atoms with van der Waals surface area (Å²) in [7, 11) is -3.06. The second kappa shape index (κ2) is 13.7. The summed E-state index contributed by atoms with van der Waals surface area (Å²) in [5.41, 5.74) is -0.115. The first-order valence-electron chi connectivity index (χ1n) is 12.1. The predicted octanol–water partition coefficient (Wildman–Crippen LogP) is 4.43. The molecule has 1 heterocycles. The molecule has 214 valence electrons. The van der Waals surface area contributed by atoms with Crippen molar-refractivity contribution in [1.82, 2.24) is 9.62 Å². The SMILES string of the molecule is CN(CC(O)CNC(C)(C)CCCc1cccs1)S(=O)(=O)c1cc(CCCC(=O)O)cc(OC(F)(F)F)c1. The van der Waals surface area contributed by atoms with Crippen molar-refractivity contribution in [3.63, 3.8) is 0 Å². The highest BCUT2D eigenvalue weighted by atomic mass is 32.2. The van der Waals surface area contributed by atoms with Crippen LogP contribution in [0.1, 0.15) is 50.0 Å². The number of thiophene rings is 1. The zero-order valence-corrected chi connectivity index (χ0v) is 23.3. The van der Waals surface area contributed by atoms with Crippen molar-refractivity contribution in [2.24, 2.45) is 0 Å². The van der Waals surface area contributed by atoms with E-state index in [9.17, 15) is 31.5 Å². The summed E-state index contributed by atoms with van der Waals surface area (Å²) in [5.74, 6) is -1.79. The molecule has 0 amide bonds. The molecule has 38 heavy (non-hydrogen) atoms.